The third-order valence-corrected chi connectivity index (χ3v) is 5.40. The van der Waals surface area contributed by atoms with Gasteiger partial charge in [0.05, 0.1) is 5.69 Å². The van der Waals surface area contributed by atoms with Crippen LogP contribution in [0, 0.1) is 0 Å². The number of carbonyl (C=O) groups is 3. The molecule has 0 radical (unpaired) electrons. The van der Waals surface area contributed by atoms with Crippen molar-refractivity contribution in [1.29, 1.82) is 0 Å². The van der Waals surface area contributed by atoms with Crippen molar-refractivity contribution >= 4 is 40.9 Å². The number of thioether (sulfide) groups is 1. The van der Waals surface area contributed by atoms with Gasteiger partial charge in [-0.1, -0.05) is 18.2 Å². The average molecular weight is 413 g/mol. The molecule has 0 fully saturated rings. The van der Waals surface area contributed by atoms with Crippen LogP contribution >= 0.6 is 11.8 Å². The number of nitrogens with one attached hydrogen (secondary N) is 2. The molecule has 3 rings (SSSR count). The standard InChI is InChI=1S/C21H23N3O4S/c1-22-20(26)14-28-16-6-4-5-15(13-16)23-19(25)9-10-21(27)24-11-12-29-18-8-3-2-7-17(18)24/h2-8,13H,9-12,14H2,1H3,(H,22,26)(H,23,25). The number of amides is 3. The van der Waals surface area contributed by atoms with Crippen LogP contribution in [-0.2, 0) is 14.4 Å². The molecule has 152 valence electrons. The van der Waals surface area contributed by atoms with Gasteiger partial charge in [0.1, 0.15) is 5.75 Å². The maximum absolute atomic E-state index is 12.6. The number of para-hydroxylation sites is 1. The summed E-state index contributed by atoms with van der Waals surface area (Å²) in [4.78, 5) is 39.0. The zero-order valence-electron chi connectivity index (χ0n) is 16.1. The van der Waals surface area contributed by atoms with E-state index in [9.17, 15) is 14.4 Å². The van der Waals surface area contributed by atoms with E-state index in [0.29, 0.717) is 18.0 Å². The molecule has 0 unspecified atom stereocenters. The minimum absolute atomic E-state index is 0.0597. The average Bonchev–Trinajstić information content (AvgIpc) is 2.75. The maximum Gasteiger partial charge on any atom is 0.257 e. The monoisotopic (exact) mass is 413 g/mol. The van der Waals surface area contributed by atoms with Crippen molar-refractivity contribution < 1.29 is 19.1 Å². The smallest absolute Gasteiger partial charge is 0.257 e. The molecular formula is C21H23N3O4S. The molecule has 3 amide bonds. The second-order valence-corrected chi connectivity index (χ2v) is 7.54. The van der Waals surface area contributed by atoms with Crippen LogP contribution in [0.1, 0.15) is 12.8 Å². The first-order chi connectivity index (χ1) is 14.1. The SMILES string of the molecule is CNC(=O)COc1cccc(NC(=O)CCC(=O)N2CCSc3ccccc32)c1. The molecule has 2 aromatic rings. The number of anilines is 2. The Morgan fingerprint density at radius 2 is 1.90 bits per heavy atom. The fraction of sp³-hybridized carbons (Fsp3) is 0.286. The summed E-state index contributed by atoms with van der Waals surface area (Å²) in [5, 5.41) is 5.24. The Kier molecular flexibility index (Phi) is 7.13. The largest absolute Gasteiger partial charge is 0.484 e. The molecule has 2 N–H and O–H groups in total. The summed E-state index contributed by atoms with van der Waals surface area (Å²) in [5.41, 5.74) is 1.46. The lowest BCUT2D eigenvalue weighted by atomic mass is 10.2. The van der Waals surface area contributed by atoms with E-state index in [-0.39, 0.29) is 37.2 Å². The second-order valence-electron chi connectivity index (χ2n) is 6.40. The highest BCUT2D eigenvalue weighted by Gasteiger charge is 2.22. The van der Waals surface area contributed by atoms with E-state index in [2.05, 4.69) is 10.6 Å². The molecule has 1 aliphatic heterocycles. The van der Waals surface area contributed by atoms with Crippen LogP contribution in [-0.4, -0.2) is 43.7 Å². The topological polar surface area (TPSA) is 87.7 Å². The first-order valence-electron chi connectivity index (χ1n) is 9.32. The van der Waals surface area contributed by atoms with Crippen LogP contribution in [0.5, 0.6) is 5.75 Å². The fourth-order valence-corrected chi connectivity index (χ4v) is 3.89. The maximum atomic E-state index is 12.6. The number of ether oxygens (including phenoxy) is 1. The number of benzene rings is 2. The summed E-state index contributed by atoms with van der Waals surface area (Å²) < 4.78 is 5.37. The van der Waals surface area contributed by atoms with Crippen molar-refractivity contribution in [2.24, 2.45) is 0 Å². The molecule has 0 atom stereocenters. The summed E-state index contributed by atoms with van der Waals surface area (Å²) in [5.74, 6) is 0.773. The number of hydrogen-bond acceptors (Lipinski definition) is 5. The fourth-order valence-electron chi connectivity index (χ4n) is 2.89. The van der Waals surface area contributed by atoms with Gasteiger partial charge >= 0.3 is 0 Å². The lowest BCUT2D eigenvalue weighted by Gasteiger charge is -2.29. The molecule has 1 heterocycles. The van der Waals surface area contributed by atoms with Gasteiger partial charge in [0.2, 0.25) is 11.8 Å². The highest BCUT2D eigenvalue weighted by molar-refractivity contribution is 7.99. The molecule has 29 heavy (non-hydrogen) atoms. The van der Waals surface area contributed by atoms with Crippen LogP contribution < -0.4 is 20.3 Å². The van der Waals surface area contributed by atoms with E-state index < -0.39 is 0 Å². The minimum Gasteiger partial charge on any atom is -0.484 e. The summed E-state index contributed by atoms with van der Waals surface area (Å²) in [6.07, 6.45) is 0.228. The molecule has 8 heteroatoms. The van der Waals surface area contributed by atoms with Crippen LogP contribution in [0.3, 0.4) is 0 Å². The molecule has 0 aliphatic carbocycles. The van der Waals surface area contributed by atoms with Crippen LogP contribution in [0.2, 0.25) is 0 Å². The van der Waals surface area contributed by atoms with Gasteiger partial charge in [0.15, 0.2) is 6.61 Å². The number of likely N-dealkylation sites (N-methyl/N-ethyl adjacent to an activating group) is 1. The molecule has 0 aromatic heterocycles. The Balaban J connectivity index is 1.51. The number of rotatable bonds is 7. The first-order valence-corrected chi connectivity index (χ1v) is 10.3. The van der Waals surface area contributed by atoms with E-state index in [0.717, 1.165) is 16.3 Å². The number of nitrogens with zero attached hydrogens (tertiary/aromatic N) is 1. The van der Waals surface area contributed by atoms with Crippen LogP contribution in [0.15, 0.2) is 53.4 Å². The Morgan fingerprint density at radius 1 is 1.07 bits per heavy atom. The minimum atomic E-state index is -0.249. The predicted octanol–water partition coefficient (Wildman–Crippen LogP) is 2.67. The van der Waals surface area contributed by atoms with Gasteiger partial charge in [-0.3, -0.25) is 14.4 Å². The van der Waals surface area contributed by atoms with Gasteiger partial charge in [0, 0.05) is 48.8 Å². The van der Waals surface area contributed by atoms with Crippen molar-refractivity contribution in [3.05, 3.63) is 48.5 Å². The van der Waals surface area contributed by atoms with E-state index in [4.69, 9.17) is 4.74 Å². The number of fused-ring (bicyclic) bond motifs is 1. The zero-order valence-corrected chi connectivity index (χ0v) is 17.0. The third kappa shape index (κ3) is 5.74. The Morgan fingerprint density at radius 3 is 2.72 bits per heavy atom. The Hall–Kier alpha value is -3.00. The van der Waals surface area contributed by atoms with Crippen LogP contribution in [0.25, 0.3) is 0 Å². The number of carbonyl (C=O) groups excluding carboxylic acids is 3. The quantitative estimate of drug-likeness (QED) is 0.729. The van der Waals surface area contributed by atoms with Crippen molar-refractivity contribution in [1.82, 2.24) is 5.32 Å². The summed E-state index contributed by atoms with van der Waals surface area (Å²) >= 11 is 1.73. The molecule has 1 aliphatic rings. The molecule has 2 aromatic carbocycles. The van der Waals surface area contributed by atoms with Gasteiger partial charge in [0.25, 0.3) is 5.91 Å². The highest BCUT2D eigenvalue weighted by atomic mass is 32.2. The molecule has 0 saturated carbocycles. The van der Waals surface area contributed by atoms with E-state index in [1.54, 1.807) is 40.9 Å². The third-order valence-electron chi connectivity index (χ3n) is 4.36. The summed E-state index contributed by atoms with van der Waals surface area (Å²) in [6, 6.07) is 14.6. The summed E-state index contributed by atoms with van der Waals surface area (Å²) in [6.45, 7) is 0.546. The first kappa shape index (κ1) is 20.7. The Labute approximate surface area is 173 Å². The van der Waals surface area contributed by atoms with Gasteiger partial charge in [-0.25, -0.2) is 0 Å². The normalized spacial score (nSPS) is 12.7. The van der Waals surface area contributed by atoms with Gasteiger partial charge in [-0.15, -0.1) is 11.8 Å². The van der Waals surface area contributed by atoms with E-state index in [1.165, 1.54) is 7.05 Å². The van der Waals surface area contributed by atoms with Gasteiger partial charge in [-0.2, -0.15) is 0 Å². The molecule has 0 saturated heterocycles. The lowest BCUT2D eigenvalue weighted by Crippen LogP contribution is -2.35. The van der Waals surface area contributed by atoms with Crippen molar-refractivity contribution in [3.63, 3.8) is 0 Å². The Bertz CT molecular complexity index is 903. The molecular weight excluding hydrogens is 390 g/mol. The summed E-state index contributed by atoms with van der Waals surface area (Å²) in [7, 11) is 1.53. The molecule has 0 bridgehead atoms. The lowest BCUT2D eigenvalue weighted by molar-refractivity contribution is -0.122. The van der Waals surface area contributed by atoms with Gasteiger partial charge < -0.3 is 20.3 Å². The number of hydrogen-bond donors (Lipinski definition) is 2. The zero-order chi connectivity index (χ0) is 20.6. The molecule has 0 spiro atoms. The molecule has 7 nitrogen and oxygen atoms in total. The van der Waals surface area contributed by atoms with Crippen LogP contribution in [0.4, 0.5) is 11.4 Å². The second kappa shape index (κ2) is 9.97. The van der Waals surface area contributed by atoms with E-state index in [1.807, 2.05) is 24.3 Å². The van der Waals surface area contributed by atoms with Crippen molar-refractivity contribution in [2.45, 2.75) is 17.7 Å². The van der Waals surface area contributed by atoms with Crippen molar-refractivity contribution in [3.8, 4) is 5.75 Å². The van der Waals surface area contributed by atoms with E-state index >= 15 is 0 Å². The van der Waals surface area contributed by atoms with Gasteiger partial charge in [-0.05, 0) is 24.3 Å². The van der Waals surface area contributed by atoms with Crippen molar-refractivity contribution in [2.75, 3.05) is 36.2 Å². The highest BCUT2D eigenvalue weighted by Crippen LogP contribution is 2.34. The predicted molar refractivity (Wildman–Crippen MR) is 113 cm³/mol.